The summed E-state index contributed by atoms with van der Waals surface area (Å²) in [5.41, 5.74) is 3.79. The van der Waals surface area contributed by atoms with Crippen molar-refractivity contribution in [3.8, 4) is 0 Å². The fourth-order valence-electron chi connectivity index (χ4n) is 3.46. The predicted octanol–water partition coefficient (Wildman–Crippen LogP) is 3.13. The van der Waals surface area contributed by atoms with Gasteiger partial charge in [-0.25, -0.2) is 0 Å². The molecule has 1 fully saturated rings. The highest BCUT2D eigenvalue weighted by Crippen LogP contribution is 2.27. The highest BCUT2D eigenvalue weighted by Gasteiger charge is 2.30. The first-order chi connectivity index (χ1) is 9.34. The van der Waals surface area contributed by atoms with Gasteiger partial charge in [0.15, 0.2) is 0 Å². The van der Waals surface area contributed by atoms with Crippen molar-refractivity contribution < 1.29 is 4.74 Å². The minimum Gasteiger partial charge on any atom is -0.375 e. The van der Waals surface area contributed by atoms with Gasteiger partial charge in [0.05, 0.1) is 11.3 Å². The Bertz CT molecular complexity index is 465. The van der Waals surface area contributed by atoms with E-state index >= 15 is 0 Å². The number of aryl methyl sites for hydroxylation is 2. The van der Waals surface area contributed by atoms with Crippen molar-refractivity contribution in [2.75, 3.05) is 6.61 Å². The lowest BCUT2D eigenvalue weighted by Gasteiger charge is -2.37. The van der Waals surface area contributed by atoms with Gasteiger partial charge in [-0.15, -0.1) is 0 Å². The van der Waals surface area contributed by atoms with Crippen molar-refractivity contribution in [3.63, 3.8) is 0 Å². The van der Waals surface area contributed by atoms with Crippen LogP contribution < -0.4 is 5.32 Å². The average molecular weight is 279 g/mol. The van der Waals surface area contributed by atoms with E-state index in [1.165, 1.54) is 11.3 Å². The van der Waals surface area contributed by atoms with Gasteiger partial charge in [-0.3, -0.25) is 4.68 Å². The van der Waals surface area contributed by atoms with Crippen LogP contribution in [0.1, 0.15) is 63.5 Å². The zero-order chi connectivity index (χ0) is 14.9. The zero-order valence-corrected chi connectivity index (χ0v) is 13.8. The third kappa shape index (κ3) is 3.23. The van der Waals surface area contributed by atoms with Crippen molar-refractivity contribution in [1.82, 2.24) is 15.1 Å². The number of rotatable bonds is 4. The second-order valence-electron chi connectivity index (χ2n) is 6.59. The molecular formula is C16H29N3O. The summed E-state index contributed by atoms with van der Waals surface area (Å²) in [6, 6.07) is 0.867. The quantitative estimate of drug-likeness (QED) is 0.920. The van der Waals surface area contributed by atoms with Gasteiger partial charge < -0.3 is 10.1 Å². The Kier molecular flexibility index (Phi) is 4.55. The Morgan fingerprint density at radius 3 is 2.70 bits per heavy atom. The molecule has 2 rings (SSSR count). The van der Waals surface area contributed by atoms with Crippen LogP contribution in [0.4, 0.5) is 0 Å². The molecule has 1 aromatic heterocycles. The lowest BCUT2D eigenvalue weighted by molar-refractivity contribution is -0.0640. The molecule has 20 heavy (non-hydrogen) atoms. The van der Waals surface area contributed by atoms with Crippen LogP contribution >= 0.6 is 0 Å². The molecule has 2 heterocycles. The zero-order valence-electron chi connectivity index (χ0n) is 13.8. The molecule has 4 heteroatoms. The standard InChI is InChI=1S/C16H29N3O/c1-7-19-13(4)15(12(3)18-19)11(2)17-14-8-9-20-16(5,6)10-14/h11,14,17H,7-10H2,1-6H3. The maximum atomic E-state index is 5.80. The van der Waals surface area contributed by atoms with Crippen LogP contribution in [0.25, 0.3) is 0 Å². The molecule has 0 saturated carbocycles. The van der Waals surface area contributed by atoms with Gasteiger partial charge in [0.1, 0.15) is 0 Å². The molecule has 1 saturated heterocycles. The minimum absolute atomic E-state index is 0.00662. The van der Waals surface area contributed by atoms with Gasteiger partial charge in [0.2, 0.25) is 0 Å². The summed E-state index contributed by atoms with van der Waals surface area (Å²) in [7, 11) is 0. The van der Waals surface area contributed by atoms with E-state index in [0.717, 1.165) is 31.7 Å². The van der Waals surface area contributed by atoms with E-state index in [1.807, 2.05) is 0 Å². The number of hydrogen-bond acceptors (Lipinski definition) is 3. The maximum Gasteiger partial charge on any atom is 0.0644 e. The summed E-state index contributed by atoms with van der Waals surface area (Å²) in [5, 5.41) is 8.40. The van der Waals surface area contributed by atoms with E-state index in [1.54, 1.807) is 0 Å². The second kappa shape index (κ2) is 5.86. The van der Waals surface area contributed by atoms with Gasteiger partial charge in [-0.2, -0.15) is 5.10 Å². The summed E-state index contributed by atoms with van der Waals surface area (Å²) >= 11 is 0. The van der Waals surface area contributed by atoms with Crippen LogP contribution in [0.3, 0.4) is 0 Å². The molecule has 0 aliphatic carbocycles. The SMILES string of the molecule is CCn1nc(C)c(C(C)NC2CCOC(C)(C)C2)c1C. The van der Waals surface area contributed by atoms with E-state index in [-0.39, 0.29) is 5.60 Å². The summed E-state index contributed by atoms with van der Waals surface area (Å²) in [4.78, 5) is 0. The van der Waals surface area contributed by atoms with Gasteiger partial charge in [0.25, 0.3) is 0 Å². The van der Waals surface area contributed by atoms with Gasteiger partial charge in [0, 0.05) is 36.5 Å². The summed E-state index contributed by atoms with van der Waals surface area (Å²) < 4.78 is 7.89. The fraction of sp³-hybridized carbons (Fsp3) is 0.812. The molecule has 2 unspecified atom stereocenters. The average Bonchev–Trinajstić information content (AvgIpc) is 2.62. The molecule has 0 radical (unpaired) electrons. The van der Waals surface area contributed by atoms with E-state index in [9.17, 15) is 0 Å². The molecule has 0 bridgehead atoms. The maximum absolute atomic E-state index is 5.80. The second-order valence-corrected chi connectivity index (χ2v) is 6.59. The Morgan fingerprint density at radius 2 is 2.15 bits per heavy atom. The molecule has 1 aliphatic heterocycles. The van der Waals surface area contributed by atoms with Crippen molar-refractivity contribution >= 4 is 0 Å². The topological polar surface area (TPSA) is 39.1 Å². The van der Waals surface area contributed by atoms with Crippen LogP contribution in [0, 0.1) is 13.8 Å². The molecule has 2 atom stereocenters. The van der Waals surface area contributed by atoms with Crippen LogP contribution in [0.15, 0.2) is 0 Å². The van der Waals surface area contributed by atoms with Crippen LogP contribution in [-0.4, -0.2) is 28.0 Å². The monoisotopic (exact) mass is 279 g/mol. The molecule has 0 spiro atoms. The lowest BCUT2D eigenvalue weighted by atomic mass is 9.92. The third-order valence-corrected chi connectivity index (χ3v) is 4.35. The smallest absolute Gasteiger partial charge is 0.0644 e. The molecule has 1 aromatic rings. The Balaban J connectivity index is 2.08. The van der Waals surface area contributed by atoms with E-state index < -0.39 is 0 Å². The minimum atomic E-state index is -0.00662. The molecule has 1 aliphatic rings. The fourth-order valence-corrected chi connectivity index (χ4v) is 3.46. The molecule has 114 valence electrons. The highest BCUT2D eigenvalue weighted by molar-refractivity contribution is 5.28. The number of hydrogen-bond donors (Lipinski definition) is 1. The van der Waals surface area contributed by atoms with Gasteiger partial charge in [-0.05, 0) is 54.4 Å². The molecule has 0 amide bonds. The lowest BCUT2D eigenvalue weighted by Crippen LogP contribution is -2.44. The highest BCUT2D eigenvalue weighted by atomic mass is 16.5. The summed E-state index contributed by atoms with van der Waals surface area (Å²) in [5.74, 6) is 0. The molecule has 0 aromatic carbocycles. The Labute approximate surface area is 122 Å². The summed E-state index contributed by atoms with van der Waals surface area (Å²) in [6.07, 6.45) is 2.16. The van der Waals surface area contributed by atoms with Crippen molar-refractivity contribution in [1.29, 1.82) is 0 Å². The van der Waals surface area contributed by atoms with Crippen molar-refractivity contribution in [3.05, 3.63) is 17.0 Å². The predicted molar refractivity (Wildman–Crippen MR) is 82.0 cm³/mol. The number of nitrogens with zero attached hydrogens (tertiary/aromatic N) is 2. The normalized spacial score (nSPS) is 23.8. The van der Waals surface area contributed by atoms with Crippen molar-refractivity contribution in [2.24, 2.45) is 0 Å². The number of ether oxygens (including phenoxy) is 1. The largest absolute Gasteiger partial charge is 0.375 e. The van der Waals surface area contributed by atoms with Crippen LogP contribution in [0.5, 0.6) is 0 Å². The molecule has 1 N–H and O–H groups in total. The molecule has 4 nitrogen and oxygen atoms in total. The van der Waals surface area contributed by atoms with E-state index in [4.69, 9.17) is 4.74 Å². The van der Waals surface area contributed by atoms with Crippen LogP contribution in [-0.2, 0) is 11.3 Å². The third-order valence-electron chi connectivity index (χ3n) is 4.35. The van der Waals surface area contributed by atoms with Gasteiger partial charge >= 0.3 is 0 Å². The first-order valence-electron chi connectivity index (χ1n) is 7.78. The number of aromatic nitrogens is 2. The Hall–Kier alpha value is -0.870. The first kappa shape index (κ1) is 15.5. The van der Waals surface area contributed by atoms with Crippen LogP contribution in [0.2, 0.25) is 0 Å². The molecular weight excluding hydrogens is 250 g/mol. The van der Waals surface area contributed by atoms with E-state index in [2.05, 4.69) is 56.6 Å². The number of nitrogens with one attached hydrogen (secondary N) is 1. The Morgan fingerprint density at radius 1 is 1.45 bits per heavy atom. The summed E-state index contributed by atoms with van der Waals surface area (Å²) in [6.45, 7) is 14.8. The van der Waals surface area contributed by atoms with E-state index in [0.29, 0.717) is 12.1 Å². The first-order valence-corrected chi connectivity index (χ1v) is 7.78. The van der Waals surface area contributed by atoms with Crippen molar-refractivity contribution in [2.45, 2.75) is 78.6 Å². The van der Waals surface area contributed by atoms with Gasteiger partial charge in [-0.1, -0.05) is 0 Å².